The number of fused-ring (bicyclic) bond motifs is 1. The Morgan fingerprint density at radius 2 is 1.78 bits per heavy atom. The summed E-state index contributed by atoms with van der Waals surface area (Å²) in [4.78, 5) is 27.5. The third-order valence-electron chi connectivity index (χ3n) is 4.71. The summed E-state index contributed by atoms with van der Waals surface area (Å²) in [6, 6.07) is 18.1. The number of rotatable bonds is 7. The molecule has 0 aliphatic carbocycles. The number of hydrogen-bond donors (Lipinski definition) is 1. The number of hydrogen-bond acceptors (Lipinski definition) is 5. The molecule has 0 aliphatic heterocycles. The first-order chi connectivity index (χ1) is 15.6. The van der Waals surface area contributed by atoms with Crippen molar-refractivity contribution in [2.75, 3.05) is 6.61 Å². The second-order valence-electron chi connectivity index (χ2n) is 6.86. The molecule has 4 rings (SSSR count). The van der Waals surface area contributed by atoms with Crippen molar-refractivity contribution in [3.8, 4) is 11.5 Å². The Bertz CT molecular complexity index is 1410. The number of halogens is 1. The standard InChI is InChI=1S/C24H20FN3O4/c1-2-31-22-13-16(11-12-21(22)32-15-17-7-3-5-9-19(17)25)14-26-28-23(29)18-8-4-6-10-20(18)27-24(28)30/h3-14H,2,15H2,1H3,(H,27,30). The summed E-state index contributed by atoms with van der Waals surface area (Å²) in [6.07, 6.45) is 1.38. The van der Waals surface area contributed by atoms with Crippen LogP contribution in [0.2, 0.25) is 0 Å². The van der Waals surface area contributed by atoms with Crippen molar-refractivity contribution in [1.82, 2.24) is 9.66 Å². The Labute approximate surface area is 182 Å². The van der Waals surface area contributed by atoms with Crippen LogP contribution in [0.4, 0.5) is 4.39 Å². The highest BCUT2D eigenvalue weighted by Crippen LogP contribution is 2.29. The van der Waals surface area contributed by atoms with Crippen molar-refractivity contribution >= 4 is 17.1 Å². The Morgan fingerprint density at radius 1 is 1.00 bits per heavy atom. The minimum Gasteiger partial charge on any atom is -0.490 e. The smallest absolute Gasteiger partial charge is 0.349 e. The molecule has 7 nitrogen and oxygen atoms in total. The summed E-state index contributed by atoms with van der Waals surface area (Å²) in [5.41, 5.74) is 0.306. The van der Waals surface area contributed by atoms with Gasteiger partial charge in [-0.25, -0.2) is 9.18 Å². The average molecular weight is 433 g/mol. The predicted molar refractivity (Wildman–Crippen MR) is 120 cm³/mol. The maximum Gasteiger partial charge on any atom is 0.349 e. The van der Waals surface area contributed by atoms with E-state index in [4.69, 9.17) is 9.47 Å². The lowest BCUT2D eigenvalue weighted by atomic mass is 10.2. The van der Waals surface area contributed by atoms with E-state index < -0.39 is 11.2 Å². The minimum atomic E-state index is -0.639. The molecule has 1 aromatic heterocycles. The summed E-state index contributed by atoms with van der Waals surface area (Å²) < 4.78 is 26.0. The fraction of sp³-hybridized carbons (Fsp3) is 0.125. The van der Waals surface area contributed by atoms with E-state index in [-0.39, 0.29) is 12.4 Å². The van der Waals surface area contributed by atoms with Crippen molar-refractivity contribution in [1.29, 1.82) is 0 Å². The normalized spacial score (nSPS) is 11.2. The summed E-state index contributed by atoms with van der Waals surface area (Å²) in [7, 11) is 0. The molecule has 4 aromatic rings. The fourth-order valence-corrected chi connectivity index (χ4v) is 3.15. The Morgan fingerprint density at radius 3 is 2.59 bits per heavy atom. The maximum atomic E-state index is 13.8. The zero-order chi connectivity index (χ0) is 22.5. The Hall–Kier alpha value is -4.20. The molecule has 0 unspecified atom stereocenters. The summed E-state index contributed by atoms with van der Waals surface area (Å²) in [6.45, 7) is 2.26. The van der Waals surface area contributed by atoms with E-state index in [2.05, 4.69) is 10.1 Å². The van der Waals surface area contributed by atoms with Gasteiger partial charge in [0.2, 0.25) is 0 Å². The fourth-order valence-electron chi connectivity index (χ4n) is 3.15. The van der Waals surface area contributed by atoms with Gasteiger partial charge in [-0.1, -0.05) is 30.3 Å². The molecule has 0 fully saturated rings. The van der Waals surface area contributed by atoms with E-state index in [1.54, 1.807) is 60.7 Å². The van der Waals surface area contributed by atoms with Crippen molar-refractivity contribution in [2.45, 2.75) is 13.5 Å². The van der Waals surface area contributed by atoms with Crippen LogP contribution >= 0.6 is 0 Å². The molecule has 0 atom stereocenters. The van der Waals surface area contributed by atoms with Crippen molar-refractivity contribution in [3.63, 3.8) is 0 Å². The first kappa shape index (κ1) is 21.0. The Balaban J connectivity index is 1.61. The number of benzene rings is 3. The number of aromatic nitrogens is 2. The highest BCUT2D eigenvalue weighted by Gasteiger charge is 2.09. The van der Waals surface area contributed by atoms with Crippen LogP contribution < -0.4 is 20.7 Å². The summed E-state index contributed by atoms with van der Waals surface area (Å²) in [5, 5.41) is 4.41. The molecule has 0 saturated heterocycles. The topological polar surface area (TPSA) is 85.7 Å². The minimum absolute atomic E-state index is 0.0437. The molecule has 8 heteroatoms. The number of aromatic amines is 1. The molecule has 0 radical (unpaired) electrons. The largest absolute Gasteiger partial charge is 0.490 e. The van der Waals surface area contributed by atoms with Gasteiger partial charge in [-0.2, -0.15) is 5.10 Å². The first-order valence-corrected chi connectivity index (χ1v) is 9.98. The lowest BCUT2D eigenvalue weighted by molar-refractivity contribution is 0.266. The molecule has 32 heavy (non-hydrogen) atoms. The summed E-state index contributed by atoms with van der Waals surface area (Å²) in [5.74, 6) is 0.529. The Kier molecular flexibility index (Phi) is 6.12. The van der Waals surface area contributed by atoms with Gasteiger partial charge in [0.25, 0.3) is 5.56 Å². The molecule has 0 spiro atoms. The van der Waals surface area contributed by atoms with Crippen LogP contribution in [0.25, 0.3) is 10.9 Å². The van der Waals surface area contributed by atoms with Crippen molar-refractivity contribution in [2.24, 2.45) is 5.10 Å². The number of nitrogens with zero attached hydrogens (tertiary/aromatic N) is 2. The van der Waals surface area contributed by atoms with Gasteiger partial charge in [-0.05, 0) is 48.9 Å². The van der Waals surface area contributed by atoms with Gasteiger partial charge in [-0.3, -0.25) is 4.79 Å². The molecule has 0 bridgehead atoms. The van der Waals surface area contributed by atoms with E-state index in [0.29, 0.717) is 40.1 Å². The van der Waals surface area contributed by atoms with E-state index in [0.717, 1.165) is 4.68 Å². The molecule has 1 N–H and O–H groups in total. The monoisotopic (exact) mass is 433 g/mol. The van der Waals surface area contributed by atoms with Gasteiger partial charge in [0.15, 0.2) is 11.5 Å². The highest BCUT2D eigenvalue weighted by atomic mass is 19.1. The molecule has 0 amide bonds. The SMILES string of the molecule is CCOc1cc(C=Nn2c(=O)[nH]c3ccccc3c2=O)ccc1OCc1ccccc1F. The van der Waals surface area contributed by atoms with Gasteiger partial charge >= 0.3 is 5.69 Å². The number of H-pyrrole nitrogens is 1. The van der Waals surface area contributed by atoms with Crippen LogP contribution in [0, 0.1) is 5.82 Å². The van der Waals surface area contributed by atoms with Crippen molar-refractivity contribution in [3.05, 3.63) is 105 Å². The lowest BCUT2D eigenvalue weighted by Gasteiger charge is -2.13. The van der Waals surface area contributed by atoms with Gasteiger partial charge < -0.3 is 14.5 Å². The molecule has 3 aromatic carbocycles. The van der Waals surface area contributed by atoms with Gasteiger partial charge in [0.05, 0.1) is 23.7 Å². The molecule has 0 aliphatic rings. The molecular formula is C24H20FN3O4. The van der Waals surface area contributed by atoms with Crippen molar-refractivity contribution < 1.29 is 13.9 Å². The van der Waals surface area contributed by atoms with Crippen LogP contribution in [0.5, 0.6) is 11.5 Å². The third-order valence-corrected chi connectivity index (χ3v) is 4.71. The van der Waals surface area contributed by atoms with E-state index in [9.17, 15) is 14.0 Å². The van der Waals surface area contributed by atoms with Crippen LogP contribution in [0.15, 0.2) is 81.4 Å². The van der Waals surface area contributed by atoms with E-state index in [1.807, 2.05) is 6.92 Å². The lowest BCUT2D eigenvalue weighted by Crippen LogP contribution is -2.32. The summed E-state index contributed by atoms with van der Waals surface area (Å²) >= 11 is 0. The molecule has 162 valence electrons. The predicted octanol–water partition coefficient (Wildman–Crippen LogP) is 3.69. The zero-order valence-electron chi connectivity index (χ0n) is 17.2. The van der Waals surface area contributed by atoms with Gasteiger partial charge in [-0.15, -0.1) is 4.68 Å². The third kappa shape index (κ3) is 4.44. The second kappa shape index (κ2) is 9.30. The second-order valence-corrected chi connectivity index (χ2v) is 6.86. The van der Waals surface area contributed by atoms with Gasteiger partial charge in [0.1, 0.15) is 12.4 Å². The first-order valence-electron chi connectivity index (χ1n) is 9.98. The van der Waals surface area contributed by atoms with E-state index >= 15 is 0 Å². The number of para-hydroxylation sites is 1. The van der Waals surface area contributed by atoms with Crippen LogP contribution in [-0.4, -0.2) is 22.5 Å². The number of nitrogens with one attached hydrogen (secondary N) is 1. The zero-order valence-corrected chi connectivity index (χ0v) is 17.2. The number of ether oxygens (including phenoxy) is 2. The molecule has 1 heterocycles. The molecule has 0 saturated carbocycles. The van der Waals surface area contributed by atoms with E-state index in [1.165, 1.54) is 12.3 Å². The highest BCUT2D eigenvalue weighted by molar-refractivity contribution is 5.81. The average Bonchev–Trinajstić information content (AvgIpc) is 2.79. The van der Waals surface area contributed by atoms with Crippen LogP contribution in [-0.2, 0) is 6.61 Å². The van der Waals surface area contributed by atoms with Crippen LogP contribution in [0.1, 0.15) is 18.1 Å². The van der Waals surface area contributed by atoms with Gasteiger partial charge in [0, 0.05) is 5.56 Å². The van der Waals surface area contributed by atoms with Crippen LogP contribution in [0.3, 0.4) is 0 Å². The molecular weight excluding hydrogens is 413 g/mol. The maximum absolute atomic E-state index is 13.8. The quantitative estimate of drug-likeness (QED) is 0.451.